The zero-order chi connectivity index (χ0) is 10.6. The van der Waals surface area contributed by atoms with Crippen LogP contribution in [0.2, 0.25) is 0 Å². The van der Waals surface area contributed by atoms with Gasteiger partial charge in [0.05, 0.1) is 0 Å². The first-order chi connectivity index (χ1) is 6.59. The van der Waals surface area contributed by atoms with Crippen LogP contribution in [0.4, 0.5) is 0 Å². The SMILES string of the molecule is CC(C)CCN(C)CC1CCCC1=O. The molecule has 0 N–H and O–H groups in total. The second kappa shape index (κ2) is 5.50. The predicted octanol–water partition coefficient (Wildman–Crippen LogP) is 2.33. The Hall–Kier alpha value is -0.370. The average Bonchev–Trinajstić information content (AvgIpc) is 2.49. The third kappa shape index (κ3) is 3.79. The van der Waals surface area contributed by atoms with Crippen LogP contribution in [0.25, 0.3) is 0 Å². The fourth-order valence-corrected chi connectivity index (χ4v) is 2.03. The van der Waals surface area contributed by atoms with Crippen molar-refractivity contribution in [2.45, 2.75) is 39.5 Å². The van der Waals surface area contributed by atoms with Gasteiger partial charge in [0.1, 0.15) is 5.78 Å². The summed E-state index contributed by atoms with van der Waals surface area (Å²) >= 11 is 0. The highest BCUT2D eigenvalue weighted by Gasteiger charge is 2.25. The third-order valence-corrected chi connectivity index (χ3v) is 3.05. The summed E-state index contributed by atoms with van der Waals surface area (Å²) in [6.07, 6.45) is 4.28. The van der Waals surface area contributed by atoms with E-state index in [-0.39, 0.29) is 0 Å². The molecule has 0 aromatic heterocycles. The molecule has 0 heterocycles. The summed E-state index contributed by atoms with van der Waals surface area (Å²) in [5.41, 5.74) is 0. The minimum atomic E-state index is 0.340. The molecule has 1 saturated carbocycles. The van der Waals surface area contributed by atoms with Gasteiger partial charge >= 0.3 is 0 Å². The lowest BCUT2D eigenvalue weighted by Crippen LogP contribution is -2.29. The summed E-state index contributed by atoms with van der Waals surface area (Å²) < 4.78 is 0. The van der Waals surface area contributed by atoms with Crippen LogP contribution in [0.15, 0.2) is 0 Å². The van der Waals surface area contributed by atoms with Crippen LogP contribution >= 0.6 is 0 Å². The fraction of sp³-hybridized carbons (Fsp3) is 0.917. The molecule has 0 spiro atoms. The van der Waals surface area contributed by atoms with Gasteiger partial charge in [-0.15, -0.1) is 0 Å². The lowest BCUT2D eigenvalue weighted by atomic mass is 10.1. The van der Waals surface area contributed by atoms with Crippen molar-refractivity contribution in [1.82, 2.24) is 4.90 Å². The van der Waals surface area contributed by atoms with E-state index in [0.717, 1.165) is 38.3 Å². The first-order valence-corrected chi connectivity index (χ1v) is 5.81. The van der Waals surface area contributed by atoms with Crippen molar-refractivity contribution in [2.75, 3.05) is 20.1 Å². The van der Waals surface area contributed by atoms with Gasteiger partial charge < -0.3 is 4.90 Å². The highest BCUT2D eigenvalue weighted by molar-refractivity contribution is 5.83. The summed E-state index contributed by atoms with van der Waals surface area (Å²) in [6, 6.07) is 0. The number of nitrogens with zero attached hydrogens (tertiary/aromatic N) is 1. The van der Waals surface area contributed by atoms with Crippen molar-refractivity contribution in [3.63, 3.8) is 0 Å². The summed E-state index contributed by atoms with van der Waals surface area (Å²) in [7, 11) is 2.13. The highest BCUT2D eigenvalue weighted by atomic mass is 16.1. The summed E-state index contributed by atoms with van der Waals surface area (Å²) in [4.78, 5) is 13.7. The molecular weight excluding hydrogens is 174 g/mol. The second-order valence-corrected chi connectivity index (χ2v) is 5.00. The fourth-order valence-electron chi connectivity index (χ4n) is 2.03. The Kier molecular flexibility index (Phi) is 4.59. The van der Waals surface area contributed by atoms with Crippen molar-refractivity contribution >= 4 is 5.78 Å². The molecule has 1 aliphatic carbocycles. The largest absolute Gasteiger partial charge is 0.306 e. The van der Waals surface area contributed by atoms with Crippen molar-refractivity contribution in [1.29, 1.82) is 0 Å². The average molecular weight is 197 g/mol. The topological polar surface area (TPSA) is 20.3 Å². The predicted molar refractivity (Wildman–Crippen MR) is 59.3 cm³/mol. The Morgan fingerprint density at radius 2 is 2.21 bits per heavy atom. The Balaban J connectivity index is 2.19. The molecule has 1 fully saturated rings. The van der Waals surface area contributed by atoms with Gasteiger partial charge in [0.25, 0.3) is 0 Å². The highest BCUT2D eigenvalue weighted by Crippen LogP contribution is 2.21. The minimum Gasteiger partial charge on any atom is -0.306 e. The molecule has 0 aliphatic heterocycles. The molecule has 1 atom stereocenters. The maximum Gasteiger partial charge on any atom is 0.137 e. The van der Waals surface area contributed by atoms with E-state index in [9.17, 15) is 4.79 Å². The van der Waals surface area contributed by atoms with Crippen molar-refractivity contribution in [3.05, 3.63) is 0 Å². The smallest absolute Gasteiger partial charge is 0.137 e. The van der Waals surface area contributed by atoms with E-state index >= 15 is 0 Å². The Bertz CT molecular complexity index is 189. The molecule has 1 aliphatic rings. The first-order valence-electron chi connectivity index (χ1n) is 5.81. The molecule has 1 unspecified atom stereocenters. The first kappa shape index (κ1) is 11.7. The van der Waals surface area contributed by atoms with E-state index in [1.807, 2.05) is 0 Å². The molecule has 1 rings (SSSR count). The molecular formula is C12H23NO. The van der Waals surface area contributed by atoms with E-state index in [1.54, 1.807) is 0 Å². The van der Waals surface area contributed by atoms with Crippen molar-refractivity contribution < 1.29 is 4.79 Å². The standard InChI is InChI=1S/C12H23NO/c1-10(2)7-8-13(3)9-11-5-4-6-12(11)14/h10-11H,4-9H2,1-3H3. The molecule has 0 bridgehead atoms. The zero-order valence-electron chi connectivity index (χ0n) is 9.75. The molecule has 0 saturated heterocycles. The van der Waals surface area contributed by atoms with Gasteiger partial charge in [0.2, 0.25) is 0 Å². The molecule has 14 heavy (non-hydrogen) atoms. The number of carbonyl (C=O) groups excluding carboxylic acids is 1. The Labute approximate surface area is 87.7 Å². The van der Waals surface area contributed by atoms with Gasteiger partial charge in [0.15, 0.2) is 0 Å². The number of carbonyl (C=O) groups is 1. The van der Waals surface area contributed by atoms with Gasteiger partial charge in [-0.05, 0) is 38.8 Å². The second-order valence-electron chi connectivity index (χ2n) is 5.00. The quantitative estimate of drug-likeness (QED) is 0.674. The van der Waals surface area contributed by atoms with Gasteiger partial charge in [-0.3, -0.25) is 4.79 Å². The van der Waals surface area contributed by atoms with Gasteiger partial charge in [0, 0.05) is 18.9 Å². The van der Waals surface area contributed by atoms with Crippen molar-refractivity contribution in [3.8, 4) is 0 Å². The summed E-state index contributed by atoms with van der Waals surface area (Å²) in [6.45, 7) is 6.59. The number of rotatable bonds is 5. The van der Waals surface area contributed by atoms with E-state index < -0.39 is 0 Å². The van der Waals surface area contributed by atoms with E-state index in [2.05, 4.69) is 25.8 Å². The monoisotopic (exact) mass is 197 g/mol. The van der Waals surface area contributed by atoms with E-state index in [0.29, 0.717) is 11.7 Å². The van der Waals surface area contributed by atoms with Crippen LogP contribution in [0.1, 0.15) is 39.5 Å². The Morgan fingerprint density at radius 3 is 2.71 bits per heavy atom. The molecule has 2 nitrogen and oxygen atoms in total. The molecule has 82 valence electrons. The van der Waals surface area contributed by atoms with Crippen LogP contribution in [0, 0.1) is 11.8 Å². The lowest BCUT2D eigenvalue weighted by Gasteiger charge is -2.20. The van der Waals surface area contributed by atoms with E-state index in [4.69, 9.17) is 0 Å². The van der Waals surface area contributed by atoms with Gasteiger partial charge in [-0.25, -0.2) is 0 Å². The normalized spacial score (nSPS) is 22.6. The van der Waals surface area contributed by atoms with Crippen LogP contribution in [0.3, 0.4) is 0 Å². The number of ketones is 1. The van der Waals surface area contributed by atoms with Crippen LogP contribution in [0.5, 0.6) is 0 Å². The molecule has 0 aromatic carbocycles. The number of hydrogen-bond donors (Lipinski definition) is 0. The van der Waals surface area contributed by atoms with E-state index in [1.165, 1.54) is 6.42 Å². The lowest BCUT2D eigenvalue weighted by molar-refractivity contribution is -0.121. The van der Waals surface area contributed by atoms with Crippen LogP contribution < -0.4 is 0 Å². The minimum absolute atomic E-state index is 0.340. The molecule has 0 aromatic rings. The van der Waals surface area contributed by atoms with Crippen molar-refractivity contribution in [2.24, 2.45) is 11.8 Å². The maximum atomic E-state index is 11.4. The molecule has 2 heteroatoms. The number of hydrogen-bond acceptors (Lipinski definition) is 2. The Morgan fingerprint density at radius 1 is 1.50 bits per heavy atom. The van der Waals surface area contributed by atoms with Crippen LogP contribution in [-0.2, 0) is 4.79 Å². The zero-order valence-corrected chi connectivity index (χ0v) is 9.75. The maximum absolute atomic E-state index is 11.4. The van der Waals surface area contributed by atoms with Gasteiger partial charge in [-0.1, -0.05) is 13.8 Å². The summed E-state index contributed by atoms with van der Waals surface area (Å²) in [5.74, 6) is 1.59. The van der Waals surface area contributed by atoms with Gasteiger partial charge in [-0.2, -0.15) is 0 Å². The molecule has 0 amide bonds. The van der Waals surface area contributed by atoms with Crippen LogP contribution in [-0.4, -0.2) is 30.8 Å². The molecule has 0 radical (unpaired) electrons. The number of Topliss-reactive ketones (excluding diaryl/α,β-unsaturated/α-hetero) is 1. The summed E-state index contributed by atoms with van der Waals surface area (Å²) in [5, 5.41) is 0. The third-order valence-electron chi connectivity index (χ3n) is 3.05.